The summed E-state index contributed by atoms with van der Waals surface area (Å²) in [7, 11) is 0. The van der Waals surface area contributed by atoms with E-state index >= 15 is 0 Å². The van der Waals surface area contributed by atoms with Crippen molar-refractivity contribution in [1.29, 1.82) is 0 Å². The van der Waals surface area contributed by atoms with Gasteiger partial charge in [0.2, 0.25) is 0 Å². The van der Waals surface area contributed by atoms with Crippen molar-refractivity contribution in [3.8, 4) is 16.9 Å². The molecule has 0 aliphatic heterocycles. The maximum absolute atomic E-state index is 12.6. The molecule has 2 aromatic rings. The summed E-state index contributed by atoms with van der Waals surface area (Å²) in [5, 5.41) is 14.9. The van der Waals surface area contributed by atoms with Crippen LogP contribution in [0.3, 0.4) is 0 Å². The van der Waals surface area contributed by atoms with Gasteiger partial charge in [0.05, 0.1) is 5.56 Å². The quantitative estimate of drug-likeness (QED) is 0.936. The highest BCUT2D eigenvalue weighted by molar-refractivity contribution is 5.72. The fraction of sp³-hybridized carbons (Fsp3) is 0.412. The van der Waals surface area contributed by atoms with Crippen LogP contribution in [-0.2, 0) is 6.54 Å². The molecular weight excluding hydrogens is 264 g/mol. The lowest BCUT2D eigenvalue weighted by Gasteiger charge is -2.16. The third-order valence-electron chi connectivity index (χ3n) is 3.55. The molecule has 0 atom stereocenters. The van der Waals surface area contributed by atoms with Crippen LogP contribution in [0.2, 0.25) is 0 Å². The molecule has 1 heterocycles. The molecule has 1 aromatic carbocycles. The summed E-state index contributed by atoms with van der Waals surface area (Å²) in [6, 6.07) is 7.60. The van der Waals surface area contributed by atoms with Gasteiger partial charge in [0.25, 0.3) is 5.56 Å². The van der Waals surface area contributed by atoms with E-state index in [1.165, 1.54) is 4.68 Å². The number of rotatable bonds is 4. The van der Waals surface area contributed by atoms with Gasteiger partial charge in [0.1, 0.15) is 5.69 Å². The monoisotopic (exact) mass is 286 g/mol. The van der Waals surface area contributed by atoms with Gasteiger partial charge in [-0.25, -0.2) is 4.68 Å². The fourth-order valence-corrected chi connectivity index (χ4v) is 2.43. The molecule has 21 heavy (non-hydrogen) atoms. The van der Waals surface area contributed by atoms with Crippen molar-refractivity contribution in [2.75, 3.05) is 0 Å². The molecule has 1 aromatic heterocycles. The maximum Gasteiger partial charge on any atom is 0.278 e. The zero-order chi connectivity index (χ0) is 15.6. The van der Waals surface area contributed by atoms with E-state index in [1.807, 2.05) is 52.0 Å². The highest BCUT2D eigenvalue weighted by Crippen LogP contribution is 2.33. The van der Waals surface area contributed by atoms with Crippen LogP contribution in [0.15, 0.2) is 29.1 Å². The van der Waals surface area contributed by atoms with Crippen LogP contribution in [0.1, 0.15) is 44.4 Å². The molecule has 0 fully saturated rings. The molecule has 2 rings (SSSR count). The highest BCUT2D eigenvalue weighted by atomic mass is 16.3. The molecule has 112 valence electrons. The Labute approximate surface area is 125 Å². The summed E-state index contributed by atoms with van der Waals surface area (Å²) >= 11 is 0. The van der Waals surface area contributed by atoms with Crippen molar-refractivity contribution in [3.63, 3.8) is 0 Å². The smallest absolute Gasteiger partial charge is 0.278 e. The minimum atomic E-state index is -0.229. The lowest BCUT2D eigenvalue weighted by Crippen LogP contribution is -2.26. The summed E-state index contributed by atoms with van der Waals surface area (Å²) in [5.74, 6) is 0.0631. The van der Waals surface area contributed by atoms with Crippen LogP contribution in [0.4, 0.5) is 0 Å². The number of aromatic hydroxyl groups is 1. The molecular formula is C17H22N2O2. The fourth-order valence-electron chi connectivity index (χ4n) is 2.43. The first-order valence-electron chi connectivity index (χ1n) is 7.37. The van der Waals surface area contributed by atoms with Gasteiger partial charge in [-0.1, -0.05) is 45.0 Å². The minimum Gasteiger partial charge on any atom is -0.505 e. The number of hydrogen-bond acceptors (Lipinski definition) is 3. The Balaban J connectivity index is 2.81. The second-order valence-corrected chi connectivity index (χ2v) is 5.61. The van der Waals surface area contributed by atoms with E-state index < -0.39 is 0 Å². The second-order valence-electron chi connectivity index (χ2n) is 5.61. The molecule has 4 nitrogen and oxygen atoms in total. The van der Waals surface area contributed by atoms with E-state index in [9.17, 15) is 9.90 Å². The van der Waals surface area contributed by atoms with Crippen LogP contribution < -0.4 is 5.56 Å². The first-order chi connectivity index (χ1) is 9.97. The highest BCUT2D eigenvalue weighted by Gasteiger charge is 2.20. The van der Waals surface area contributed by atoms with E-state index in [2.05, 4.69) is 5.10 Å². The van der Waals surface area contributed by atoms with Crippen molar-refractivity contribution in [2.24, 2.45) is 0 Å². The first kappa shape index (κ1) is 15.3. The summed E-state index contributed by atoms with van der Waals surface area (Å²) in [6.45, 7) is 8.42. The largest absolute Gasteiger partial charge is 0.505 e. The molecule has 0 saturated carbocycles. The first-order valence-corrected chi connectivity index (χ1v) is 7.37. The molecule has 0 aliphatic rings. The number of aromatic nitrogens is 2. The Bertz CT molecular complexity index is 702. The molecule has 0 spiro atoms. The standard InChI is InChI=1S/C17H22N2O2/c1-5-10-19-17(21)14(13-9-7-6-8-12(13)4)16(20)15(18-19)11(2)3/h6-9,11,20H,5,10H2,1-4H3. The lowest BCUT2D eigenvalue weighted by molar-refractivity contribution is 0.442. The van der Waals surface area contributed by atoms with Gasteiger partial charge in [-0.05, 0) is 24.5 Å². The van der Waals surface area contributed by atoms with Gasteiger partial charge in [-0.15, -0.1) is 0 Å². The van der Waals surface area contributed by atoms with Crippen molar-refractivity contribution >= 4 is 0 Å². The van der Waals surface area contributed by atoms with Crippen molar-refractivity contribution < 1.29 is 5.11 Å². The molecule has 0 radical (unpaired) electrons. The van der Waals surface area contributed by atoms with Gasteiger partial charge >= 0.3 is 0 Å². The van der Waals surface area contributed by atoms with E-state index in [0.29, 0.717) is 17.8 Å². The third-order valence-corrected chi connectivity index (χ3v) is 3.55. The minimum absolute atomic E-state index is 0.0108. The zero-order valence-corrected chi connectivity index (χ0v) is 13.1. The van der Waals surface area contributed by atoms with E-state index in [4.69, 9.17) is 0 Å². The van der Waals surface area contributed by atoms with Crippen LogP contribution in [0, 0.1) is 6.92 Å². The Morgan fingerprint density at radius 2 is 1.95 bits per heavy atom. The van der Waals surface area contributed by atoms with Gasteiger partial charge < -0.3 is 5.11 Å². The van der Waals surface area contributed by atoms with Gasteiger partial charge in [-0.2, -0.15) is 5.10 Å². The van der Waals surface area contributed by atoms with Crippen molar-refractivity contribution in [3.05, 3.63) is 45.9 Å². The molecule has 0 amide bonds. The summed E-state index contributed by atoms with van der Waals surface area (Å²) in [5.41, 5.74) is 2.44. The Kier molecular flexibility index (Phi) is 4.46. The molecule has 1 N–H and O–H groups in total. The van der Waals surface area contributed by atoms with Gasteiger partial charge in [0.15, 0.2) is 5.75 Å². The van der Waals surface area contributed by atoms with Gasteiger partial charge in [-0.3, -0.25) is 4.79 Å². The topological polar surface area (TPSA) is 55.1 Å². The van der Waals surface area contributed by atoms with E-state index in [0.717, 1.165) is 17.5 Å². The molecule has 0 saturated heterocycles. The lowest BCUT2D eigenvalue weighted by atomic mass is 9.98. The molecule has 4 heteroatoms. The van der Waals surface area contributed by atoms with Crippen LogP contribution in [0.25, 0.3) is 11.1 Å². The maximum atomic E-state index is 12.6. The normalized spacial score (nSPS) is 11.1. The Hall–Kier alpha value is -2.10. The Morgan fingerprint density at radius 3 is 2.52 bits per heavy atom. The average molecular weight is 286 g/mol. The summed E-state index contributed by atoms with van der Waals surface area (Å²) < 4.78 is 1.47. The molecule has 0 bridgehead atoms. The second kappa shape index (κ2) is 6.12. The third kappa shape index (κ3) is 2.84. The summed E-state index contributed by atoms with van der Waals surface area (Å²) in [4.78, 5) is 12.6. The van der Waals surface area contributed by atoms with Crippen LogP contribution in [-0.4, -0.2) is 14.9 Å². The predicted molar refractivity (Wildman–Crippen MR) is 84.7 cm³/mol. The average Bonchev–Trinajstić information content (AvgIpc) is 2.43. The zero-order valence-electron chi connectivity index (χ0n) is 13.1. The van der Waals surface area contributed by atoms with Gasteiger partial charge in [0, 0.05) is 12.5 Å². The Morgan fingerprint density at radius 1 is 1.29 bits per heavy atom. The number of aryl methyl sites for hydroxylation is 2. The number of hydrogen-bond donors (Lipinski definition) is 1. The van der Waals surface area contributed by atoms with Crippen LogP contribution in [0.5, 0.6) is 5.75 Å². The predicted octanol–water partition coefficient (Wildman–Crippen LogP) is 3.46. The van der Waals surface area contributed by atoms with Crippen molar-refractivity contribution in [1.82, 2.24) is 9.78 Å². The summed E-state index contributed by atoms with van der Waals surface area (Å²) in [6.07, 6.45) is 0.822. The SMILES string of the molecule is CCCn1nc(C(C)C)c(O)c(-c2ccccc2C)c1=O. The van der Waals surface area contributed by atoms with E-state index in [-0.39, 0.29) is 17.2 Å². The number of benzene rings is 1. The molecule has 0 aliphatic carbocycles. The number of nitrogens with zero attached hydrogens (tertiary/aromatic N) is 2. The van der Waals surface area contributed by atoms with Crippen LogP contribution >= 0.6 is 0 Å². The van der Waals surface area contributed by atoms with Crippen molar-refractivity contribution in [2.45, 2.75) is 46.6 Å². The molecule has 0 unspecified atom stereocenters. The van der Waals surface area contributed by atoms with E-state index in [1.54, 1.807) is 0 Å².